The van der Waals surface area contributed by atoms with E-state index < -0.39 is 0 Å². The summed E-state index contributed by atoms with van der Waals surface area (Å²) in [5, 5.41) is 3.43. The molecule has 0 unspecified atom stereocenters. The van der Waals surface area contributed by atoms with Gasteiger partial charge in [0.15, 0.2) is 5.82 Å². The first-order valence-corrected chi connectivity index (χ1v) is 4.83. The predicted octanol–water partition coefficient (Wildman–Crippen LogP) is 0.799. The molecule has 6 heteroatoms. The normalized spacial score (nSPS) is 11.1. The molecule has 0 aliphatic heterocycles. The minimum Gasteiger partial charge on any atom is -0.352 e. The van der Waals surface area contributed by atoms with Crippen LogP contribution in [-0.4, -0.2) is 32.9 Å². The minimum absolute atomic E-state index is 0.236. The molecule has 0 atom stereocenters. The maximum atomic E-state index is 11.4. The number of pyridine rings is 1. The van der Waals surface area contributed by atoms with E-state index >= 15 is 0 Å². The van der Waals surface area contributed by atoms with Gasteiger partial charge in [-0.15, -0.1) is 0 Å². The van der Waals surface area contributed by atoms with Gasteiger partial charge in [-0.2, -0.15) is 0 Å². The van der Waals surface area contributed by atoms with Gasteiger partial charge in [0.25, 0.3) is 5.91 Å². The number of rotatable bonds is 1. The second-order valence-electron chi connectivity index (χ2n) is 3.42. The zero-order valence-corrected chi connectivity index (χ0v) is 8.53. The third-order valence-corrected chi connectivity index (χ3v) is 2.48. The van der Waals surface area contributed by atoms with Crippen molar-refractivity contribution in [2.45, 2.75) is 0 Å². The Morgan fingerprint density at radius 1 is 1.50 bits per heavy atom. The lowest BCUT2D eigenvalue weighted by Crippen LogP contribution is -2.19. The second kappa shape index (κ2) is 3.06. The van der Waals surface area contributed by atoms with Crippen LogP contribution in [0.1, 0.15) is 10.6 Å². The van der Waals surface area contributed by atoms with Crippen molar-refractivity contribution in [2.75, 3.05) is 7.05 Å². The molecule has 80 valence electrons. The van der Waals surface area contributed by atoms with Gasteiger partial charge in [-0.3, -0.25) is 4.79 Å². The summed E-state index contributed by atoms with van der Waals surface area (Å²) in [5.41, 5.74) is 2.28. The molecule has 0 saturated heterocycles. The van der Waals surface area contributed by atoms with E-state index in [0.29, 0.717) is 5.82 Å². The van der Waals surface area contributed by atoms with Crippen LogP contribution in [0.3, 0.4) is 0 Å². The topological polar surface area (TPSA) is 86.5 Å². The van der Waals surface area contributed by atoms with Gasteiger partial charge in [0.05, 0.1) is 11.7 Å². The fourth-order valence-corrected chi connectivity index (χ4v) is 1.70. The van der Waals surface area contributed by atoms with E-state index in [2.05, 4.69) is 25.3 Å². The highest BCUT2D eigenvalue weighted by Gasteiger charge is 2.12. The number of nitrogens with zero attached hydrogens (tertiary/aromatic N) is 2. The van der Waals surface area contributed by atoms with E-state index in [4.69, 9.17) is 0 Å². The van der Waals surface area contributed by atoms with Crippen molar-refractivity contribution in [3.05, 3.63) is 24.3 Å². The van der Waals surface area contributed by atoms with E-state index in [1.54, 1.807) is 19.4 Å². The molecule has 16 heavy (non-hydrogen) atoms. The monoisotopic (exact) mass is 215 g/mol. The van der Waals surface area contributed by atoms with Crippen LogP contribution in [0.4, 0.5) is 0 Å². The first-order valence-electron chi connectivity index (χ1n) is 4.83. The average Bonchev–Trinajstić information content (AvgIpc) is 2.92. The number of H-pyrrole nitrogens is 2. The van der Waals surface area contributed by atoms with E-state index in [9.17, 15) is 4.79 Å². The second-order valence-corrected chi connectivity index (χ2v) is 3.42. The molecule has 3 rings (SSSR count). The molecular formula is C10H9N5O. The summed E-state index contributed by atoms with van der Waals surface area (Å²) in [6, 6.07) is 1.89. The number of hydrogen-bond donors (Lipinski definition) is 3. The van der Waals surface area contributed by atoms with Crippen molar-refractivity contribution in [3.8, 4) is 0 Å². The standard InChI is InChI=1S/C10H9N5O/c1-11-10(16)9-14-6-4-13-8-5(2-3-12-8)7(6)15-9/h2-4H,1H3,(H,11,16)(H,12,13)(H,14,15). The molecule has 0 radical (unpaired) electrons. The van der Waals surface area contributed by atoms with Crippen molar-refractivity contribution < 1.29 is 4.79 Å². The van der Waals surface area contributed by atoms with Crippen LogP contribution < -0.4 is 5.32 Å². The SMILES string of the molecule is CNC(=O)c1nc2c(cnc3[nH]ccc32)[nH]1. The maximum absolute atomic E-state index is 11.4. The summed E-state index contributed by atoms with van der Waals surface area (Å²) in [7, 11) is 1.57. The predicted molar refractivity (Wildman–Crippen MR) is 59.1 cm³/mol. The molecule has 0 aromatic carbocycles. The molecule has 3 N–H and O–H groups in total. The molecule has 0 aliphatic carbocycles. The van der Waals surface area contributed by atoms with Gasteiger partial charge < -0.3 is 15.3 Å². The Labute approximate surface area is 90.1 Å². The molecular weight excluding hydrogens is 206 g/mol. The highest BCUT2D eigenvalue weighted by atomic mass is 16.2. The third-order valence-electron chi connectivity index (χ3n) is 2.48. The van der Waals surface area contributed by atoms with Crippen molar-refractivity contribution in [1.82, 2.24) is 25.3 Å². The number of aromatic amines is 2. The van der Waals surface area contributed by atoms with Gasteiger partial charge >= 0.3 is 0 Å². The number of amides is 1. The third kappa shape index (κ3) is 1.10. The van der Waals surface area contributed by atoms with Crippen LogP contribution in [0.2, 0.25) is 0 Å². The summed E-state index contributed by atoms with van der Waals surface area (Å²) >= 11 is 0. The number of fused-ring (bicyclic) bond motifs is 3. The van der Waals surface area contributed by atoms with Gasteiger partial charge in [0, 0.05) is 18.6 Å². The van der Waals surface area contributed by atoms with Gasteiger partial charge in [-0.05, 0) is 6.07 Å². The Kier molecular flexibility index (Phi) is 1.70. The molecule has 0 saturated carbocycles. The van der Waals surface area contributed by atoms with Crippen LogP contribution in [0.5, 0.6) is 0 Å². The molecule has 3 aromatic heterocycles. The molecule has 3 heterocycles. The van der Waals surface area contributed by atoms with Crippen LogP contribution in [0, 0.1) is 0 Å². The lowest BCUT2D eigenvalue weighted by Gasteiger charge is -1.90. The van der Waals surface area contributed by atoms with Gasteiger partial charge in [-0.25, -0.2) is 9.97 Å². The number of imidazole rings is 1. The molecule has 0 bridgehead atoms. The van der Waals surface area contributed by atoms with Gasteiger partial charge in [0.2, 0.25) is 0 Å². The maximum Gasteiger partial charge on any atom is 0.286 e. The highest BCUT2D eigenvalue weighted by Crippen LogP contribution is 2.20. The minimum atomic E-state index is -0.236. The van der Waals surface area contributed by atoms with Gasteiger partial charge in [-0.1, -0.05) is 0 Å². The summed E-state index contributed by atoms with van der Waals surface area (Å²) in [4.78, 5) is 25.8. The lowest BCUT2D eigenvalue weighted by molar-refractivity contribution is 0.0954. The number of hydrogen-bond acceptors (Lipinski definition) is 3. The average molecular weight is 215 g/mol. The highest BCUT2D eigenvalue weighted by molar-refractivity contribution is 6.03. The number of nitrogens with one attached hydrogen (secondary N) is 3. The largest absolute Gasteiger partial charge is 0.352 e. The van der Waals surface area contributed by atoms with E-state index in [1.165, 1.54) is 0 Å². The van der Waals surface area contributed by atoms with Crippen molar-refractivity contribution in [2.24, 2.45) is 0 Å². The van der Waals surface area contributed by atoms with E-state index in [-0.39, 0.29) is 5.91 Å². The molecule has 1 amide bonds. The van der Waals surface area contributed by atoms with E-state index in [0.717, 1.165) is 22.1 Å². The van der Waals surface area contributed by atoms with E-state index in [1.807, 2.05) is 6.07 Å². The number of carbonyl (C=O) groups excluding carboxylic acids is 1. The zero-order valence-electron chi connectivity index (χ0n) is 8.53. The zero-order chi connectivity index (χ0) is 11.1. The Hall–Kier alpha value is -2.37. The Morgan fingerprint density at radius 2 is 2.38 bits per heavy atom. The Balaban J connectivity index is 2.34. The van der Waals surface area contributed by atoms with Crippen molar-refractivity contribution in [1.29, 1.82) is 0 Å². The Morgan fingerprint density at radius 3 is 3.19 bits per heavy atom. The number of carbonyl (C=O) groups is 1. The van der Waals surface area contributed by atoms with Crippen molar-refractivity contribution in [3.63, 3.8) is 0 Å². The summed E-state index contributed by atoms with van der Waals surface area (Å²) in [5.74, 6) is 0.0629. The van der Waals surface area contributed by atoms with Crippen LogP contribution in [0.15, 0.2) is 18.5 Å². The summed E-state index contributed by atoms with van der Waals surface area (Å²) < 4.78 is 0. The lowest BCUT2D eigenvalue weighted by atomic mass is 10.3. The molecule has 0 spiro atoms. The fraction of sp³-hybridized carbons (Fsp3) is 0.100. The summed E-state index contributed by atoms with van der Waals surface area (Å²) in [6.45, 7) is 0. The smallest absolute Gasteiger partial charge is 0.286 e. The quantitative estimate of drug-likeness (QED) is 0.561. The molecule has 0 aliphatic rings. The summed E-state index contributed by atoms with van der Waals surface area (Å²) in [6.07, 6.45) is 3.46. The van der Waals surface area contributed by atoms with Crippen LogP contribution >= 0.6 is 0 Å². The molecule has 6 nitrogen and oxygen atoms in total. The van der Waals surface area contributed by atoms with Crippen LogP contribution in [0.25, 0.3) is 22.1 Å². The Bertz CT molecular complexity index is 681. The fourth-order valence-electron chi connectivity index (χ4n) is 1.70. The molecule has 0 fully saturated rings. The first kappa shape index (κ1) is 8.90. The van der Waals surface area contributed by atoms with Crippen molar-refractivity contribution >= 4 is 28.0 Å². The van der Waals surface area contributed by atoms with Crippen LogP contribution in [-0.2, 0) is 0 Å². The number of aromatic nitrogens is 4. The van der Waals surface area contributed by atoms with Gasteiger partial charge in [0.1, 0.15) is 11.2 Å². The molecule has 3 aromatic rings. The first-order chi connectivity index (χ1) is 7.79.